The Hall–Kier alpha value is -2.97. The number of allylic oxidation sites excluding steroid dienone is 7. The maximum Gasteiger partial charge on any atom is 0.211 e. The van der Waals surface area contributed by atoms with Crippen LogP contribution in [0.15, 0.2) is 56.2 Å². The van der Waals surface area contributed by atoms with E-state index < -0.39 is 0 Å². The topological polar surface area (TPSA) is 108 Å². The SMILES string of the molecule is C/C=C(/F)C1=C(/C(=C(\C)CC)c2c(P)c(C)c(/C(=N\C(=C\CCC)OCC3(CN4CC5(CCOC5)C4)CC3)N3C4CCC3CNC4)c3c2COC3)C(C#N)=C(N)CS1. The Labute approximate surface area is 351 Å². The van der Waals surface area contributed by atoms with E-state index in [-0.39, 0.29) is 11.2 Å². The molecule has 3 N–H and O–H groups in total. The van der Waals surface area contributed by atoms with Gasteiger partial charge in [0.05, 0.1) is 36.9 Å². The molecule has 0 amide bonds. The van der Waals surface area contributed by atoms with Crippen molar-refractivity contribution in [2.45, 2.75) is 111 Å². The first-order valence-electron chi connectivity index (χ1n) is 21.6. The summed E-state index contributed by atoms with van der Waals surface area (Å²) in [5.41, 5.74) is 15.8. The number of nitrogens with zero attached hydrogens (tertiary/aromatic N) is 4. The van der Waals surface area contributed by atoms with Gasteiger partial charge in [0.2, 0.25) is 5.88 Å². The standard InChI is InChI=1S/C46H62FN6O3PS/c1-6-9-10-37(56-27-45(13-14-45)23-52-24-46(25-52)15-16-54-26-46)51-44(53-30-11-12-31(53)19-50-18-30)39-29(5)42(57)40(34-21-55-20-33(34)39)38(28(4)7-2)41-32(17-48)36(49)22-58-43(41)35(47)8-3/h8,10,30-31,50H,6-7,9,11-16,18-27,49,57H2,1-5H3/b35-8+,37-10-,38-28+,51-44+. The fourth-order valence-corrected chi connectivity index (χ4v) is 11.7. The Kier molecular flexibility index (Phi) is 12.4. The number of halogens is 1. The lowest BCUT2D eigenvalue weighted by Gasteiger charge is -2.48. The van der Waals surface area contributed by atoms with Gasteiger partial charge in [0.1, 0.15) is 17.7 Å². The Morgan fingerprint density at radius 2 is 1.86 bits per heavy atom. The van der Waals surface area contributed by atoms with Crippen LogP contribution in [-0.2, 0) is 27.4 Å². The average molecular weight is 829 g/mol. The third-order valence-electron chi connectivity index (χ3n) is 13.7. The average Bonchev–Trinajstić information content (AvgIpc) is 3.46. The largest absolute Gasteiger partial charge is 0.477 e. The summed E-state index contributed by atoms with van der Waals surface area (Å²) in [5.74, 6) is 1.71. The summed E-state index contributed by atoms with van der Waals surface area (Å²) >= 11 is 1.37. The van der Waals surface area contributed by atoms with Crippen LogP contribution in [0.1, 0.15) is 107 Å². The molecule has 2 bridgehead atoms. The Morgan fingerprint density at radius 3 is 2.48 bits per heavy atom. The summed E-state index contributed by atoms with van der Waals surface area (Å²) in [5, 5.41) is 15.3. The van der Waals surface area contributed by atoms with E-state index in [0.717, 1.165) is 128 Å². The molecule has 8 rings (SSSR count). The number of benzene rings is 1. The summed E-state index contributed by atoms with van der Waals surface area (Å²) in [7, 11) is 3.05. The third kappa shape index (κ3) is 7.76. The highest BCUT2D eigenvalue weighted by Crippen LogP contribution is 2.51. The van der Waals surface area contributed by atoms with Crippen LogP contribution in [0, 0.1) is 29.1 Å². The number of aliphatic imine (C=N–C) groups is 1. The molecular formula is C46H62FN6O3PS. The number of nitriles is 1. The van der Waals surface area contributed by atoms with Gasteiger partial charge in [-0.25, -0.2) is 4.39 Å². The van der Waals surface area contributed by atoms with Gasteiger partial charge in [-0.2, -0.15) is 10.3 Å². The maximum atomic E-state index is 15.9. The van der Waals surface area contributed by atoms with Crippen molar-refractivity contribution in [3.05, 3.63) is 79.0 Å². The highest BCUT2D eigenvalue weighted by atomic mass is 32.2. The Balaban J connectivity index is 1.23. The second-order valence-corrected chi connectivity index (χ2v) is 19.4. The molecule has 1 saturated carbocycles. The van der Waals surface area contributed by atoms with Crippen molar-refractivity contribution in [1.82, 2.24) is 15.1 Å². The number of unbranched alkanes of at least 4 members (excludes halogenated alkanes) is 1. The summed E-state index contributed by atoms with van der Waals surface area (Å²) in [6, 6.07) is 3.03. The number of hydrogen-bond donors (Lipinski definition) is 2. The molecule has 6 aliphatic heterocycles. The molecular weight excluding hydrogens is 767 g/mol. The molecule has 1 aromatic carbocycles. The number of amidine groups is 1. The first-order valence-corrected chi connectivity index (χ1v) is 23.1. The highest BCUT2D eigenvalue weighted by molar-refractivity contribution is 8.03. The zero-order valence-electron chi connectivity index (χ0n) is 35.2. The van der Waals surface area contributed by atoms with E-state index in [1.54, 1.807) is 6.92 Å². The predicted molar refractivity (Wildman–Crippen MR) is 236 cm³/mol. The summed E-state index contributed by atoms with van der Waals surface area (Å²) in [6.45, 7) is 18.8. The van der Waals surface area contributed by atoms with Crippen molar-refractivity contribution in [2.24, 2.45) is 21.6 Å². The van der Waals surface area contributed by atoms with E-state index in [2.05, 4.69) is 64.2 Å². The van der Waals surface area contributed by atoms with Crippen LogP contribution in [0.5, 0.6) is 0 Å². The molecule has 1 aliphatic carbocycles. The lowest BCUT2D eigenvalue weighted by atomic mass is 9.78. The van der Waals surface area contributed by atoms with Gasteiger partial charge in [-0.15, -0.1) is 21.0 Å². The maximum absolute atomic E-state index is 15.9. The number of ether oxygens (including phenoxy) is 3. The van der Waals surface area contributed by atoms with Crippen LogP contribution >= 0.6 is 21.0 Å². The van der Waals surface area contributed by atoms with Gasteiger partial charge in [0.25, 0.3) is 0 Å². The molecule has 0 aromatic heterocycles. The zero-order chi connectivity index (χ0) is 40.8. The van der Waals surface area contributed by atoms with E-state index >= 15 is 4.39 Å². The van der Waals surface area contributed by atoms with Crippen LogP contribution in [0.4, 0.5) is 4.39 Å². The van der Waals surface area contributed by atoms with Gasteiger partial charge < -0.3 is 35.1 Å². The second-order valence-electron chi connectivity index (χ2n) is 17.8. The summed E-state index contributed by atoms with van der Waals surface area (Å²) in [6.07, 6.45) is 12.1. The molecule has 9 nitrogen and oxygen atoms in total. The minimum absolute atomic E-state index is 0.174. The second kappa shape index (κ2) is 17.2. The van der Waals surface area contributed by atoms with Crippen molar-refractivity contribution in [3.8, 4) is 6.07 Å². The number of rotatable bonds is 13. The molecule has 6 heterocycles. The lowest BCUT2D eigenvalue weighted by Crippen LogP contribution is -2.58. The van der Waals surface area contributed by atoms with Crippen LogP contribution in [0.2, 0.25) is 0 Å². The number of likely N-dealkylation sites (tertiary alicyclic amines) is 1. The summed E-state index contributed by atoms with van der Waals surface area (Å²) < 4.78 is 34.9. The van der Waals surface area contributed by atoms with Gasteiger partial charge in [-0.05, 0) is 105 Å². The number of thioether (sulfide) groups is 1. The van der Waals surface area contributed by atoms with E-state index in [0.29, 0.717) is 70.7 Å². The molecule has 1 spiro atoms. The Morgan fingerprint density at radius 1 is 1.14 bits per heavy atom. The van der Waals surface area contributed by atoms with Crippen molar-refractivity contribution in [1.29, 1.82) is 5.26 Å². The quantitative estimate of drug-likeness (QED) is 0.0898. The fraction of sp³-hybridized carbons (Fsp3) is 0.609. The van der Waals surface area contributed by atoms with Crippen LogP contribution in [0.25, 0.3) is 5.57 Å². The van der Waals surface area contributed by atoms with Gasteiger partial charge in [-0.1, -0.05) is 31.9 Å². The molecule has 1 aromatic rings. The molecule has 58 heavy (non-hydrogen) atoms. The molecule has 0 radical (unpaired) electrons. The van der Waals surface area contributed by atoms with Crippen molar-refractivity contribution in [3.63, 3.8) is 0 Å². The van der Waals surface area contributed by atoms with Crippen LogP contribution in [0.3, 0.4) is 0 Å². The molecule has 3 unspecified atom stereocenters. The minimum Gasteiger partial charge on any atom is -0.477 e. The van der Waals surface area contributed by atoms with Gasteiger partial charge in [-0.3, -0.25) is 0 Å². The number of piperazine rings is 1. The lowest BCUT2D eigenvalue weighted by molar-refractivity contribution is -0.0269. The minimum atomic E-state index is -0.339. The van der Waals surface area contributed by atoms with Crippen molar-refractivity contribution >= 4 is 37.7 Å². The van der Waals surface area contributed by atoms with Gasteiger partial charge in [0, 0.05) is 84.8 Å². The number of fused-ring (bicyclic) bond motifs is 3. The smallest absolute Gasteiger partial charge is 0.211 e. The monoisotopic (exact) mass is 828 g/mol. The Bertz CT molecular complexity index is 2030. The predicted octanol–water partition coefficient (Wildman–Crippen LogP) is 7.66. The van der Waals surface area contributed by atoms with Crippen LogP contribution in [-0.4, -0.2) is 86.0 Å². The van der Waals surface area contributed by atoms with Crippen LogP contribution < -0.4 is 16.4 Å². The normalized spacial score (nSPS) is 26.0. The molecule has 5 fully saturated rings. The van der Waals surface area contributed by atoms with E-state index in [4.69, 9.17) is 24.9 Å². The molecule has 12 heteroatoms. The van der Waals surface area contributed by atoms with E-state index in [1.807, 2.05) is 0 Å². The van der Waals surface area contributed by atoms with Gasteiger partial charge >= 0.3 is 0 Å². The number of hydrogen-bond acceptors (Lipinski definition) is 9. The summed E-state index contributed by atoms with van der Waals surface area (Å²) in [4.78, 5) is 11.3. The molecule has 7 aliphatic rings. The fourth-order valence-electron chi connectivity index (χ4n) is 10.2. The van der Waals surface area contributed by atoms with Crippen molar-refractivity contribution in [2.75, 3.05) is 58.3 Å². The molecule has 4 saturated heterocycles. The van der Waals surface area contributed by atoms with E-state index in [1.165, 1.54) is 37.1 Å². The number of nitrogens with one attached hydrogen (secondary N) is 1. The number of nitrogens with two attached hydrogens (primary N) is 1. The third-order valence-corrected chi connectivity index (χ3v) is 15.6. The first-order chi connectivity index (χ1) is 28.1. The zero-order valence-corrected chi connectivity index (χ0v) is 37.2. The highest BCUT2D eigenvalue weighted by Gasteiger charge is 2.52. The van der Waals surface area contributed by atoms with E-state index in [9.17, 15) is 5.26 Å². The van der Waals surface area contributed by atoms with Gasteiger partial charge in [0.15, 0.2) is 0 Å². The molecule has 312 valence electrons. The molecule has 3 atom stereocenters. The first kappa shape index (κ1) is 41.8. The van der Waals surface area contributed by atoms with Crippen molar-refractivity contribution < 1.29 is 18.6 Å².